The highest BCUT2D eigenvalue weighted by Gasteiger charge is 2.27. The van der Waals surface area contributed by atoms with Crippen molar-refractivity contribution in [2.45, 2.75) is 40.5 Å². The summed E-state index contributed by atoms with van der Waals surface area (Å²) in [6.45, 7) is 14.3. The van der Waals surface area contributed by atoms with Gasteiger partial charge in [0, 0.05) is 44.9 Å². The maximum atomic E-state index is 9.68. The Labute approximate surface area is 119 Å². The molecule has 0 spiro atoms. The highest BCUT2D eigenvalue weighted by Crippen LogP contribution is 2.26. The van der Waals surface area contributed by atoms with Gasteiger partial charge in [-0.05, 0) is 26.7 Å². The van der Waals surface area contributed by atoms with Crippen molar-refractivity contribution in [1.29, 1.82) is 0 Å². The summed E-state index contributed by atoms with van der Waals surface area (Å²) in [5.74, 6) is 0. The third-order valence-corrected chi connectivity index (χ3v) is 3.91. The van der Waals surface area contributed by atoms with Crippen LogP contribution in [-0.2, 0) is 9.47 Å². The molecule has 0 saturated carbocycles. The minimum atomic E-state index is 0.0123. The molecule has 0 aliphatic carbocycles. The summed E-state index contributed by atoms with van der Waals surface area (Å²) in [6, 6.07) is 0. The Kier molecular flexibility index (Phi) is 11.6. The van der Waals surface area contributed by atoms with Gasteiger partial charge in [0.05, 0.1) is 13.2 Å². The molecule has 0 radical (unpaired) electrons. The van der Waals surface area contributed by atoms with E-state index in [1.54, 1.807) is 0 Å². The molecule has 0 saturated heterocycles. The van der Waals surface area contributed by atoms with Gasteiger partial charge in [0.25, 0.3) is 0 Å². The zero-order valence-electron chi connectivity index (χ0n) is 13.3. The van der Waals surface area contributed by atoms with Crippen molar-refractivity contribution in [3.8, 4) is 0 Å². The number of hydrogen-bond acceptors (Lipinski definition) is 4. The number of nitrogens with zero attached hydrogens (tertiary/aromatic N) is 1. The van der Waals surface area contributed by atoms with Crippen molar-refractivity contribution in [3.05, 3.63) is 0 Å². The molecule has 0 aromatic carbocycles. The van der Waals surface area contributed by atoms with Crippen LogP contribution in [0, 0.1) is 5.41 Å². The minimum Gasteiger partial charge on any atom is -0.396 e. The van der Waals surface area contributed by atoms with Gasteiger partial charge in [0.2, 0.25) is 0 Å². The Bertz CT molecular complexity index is 178. The predicted octanol–water partition coefficient (Wildman–Crippen LogP) is 2.16. The molecule has 19 heavy (non-hydrogen) atoms. The van der Waals surface area contributed by atoms with Crippen molar-refractivity contribution in [3.63, 3.8) is 0 Å². The molecule has 0 amide bonds. The lowest BCUT2D eigenvalue weighted by Gasteiger charge is -2.35. The van der Waals surface area contributed by atoms with Gasteiger partial charge in [-0.1, -0.05) is 13.8 Å². The van der Waals surface area contributed by atoms with Crippen LogP contribution in [-0.4, -0.2) is 62.7 Å². The van der Waals surface area contributed by atoms with Crippen LogP contribution >= 0.6 is 0 Å². The molecule has 0 unspecified atom stereocenters. The Morgan fingerprint density at radius 3 is 1.68 bits per heavy atom. The van der Waals surface area contributed by atoms with Crippen molar-refractivity contribution >= 4 is 0 Å². The van der Waals surface area contributed by atoms with Crippen LogP contribution in [0.2, 0.25) is 0 Å². The van der Waals surface area contributed by atoms with E-state index in [9.17, 15) is 5.11 Å². The second-order valence-corrected chi connectivity index (χ2v) is 5.04. The first-order chi connectivity index (χ1) is 9.17. The van der Waals surface area contributed by atoms with E-state index < -0.39 is 0 Å². The molecule has 0 fully saturated rings. The lowest BCUT2D eigenvalue weighted by molar-refractivity contribution is 0.0309. The lowest BCUT2D eigenvalue weighted by atomic mass is 9.82. The summed E-state index contributed by atoms with van der Waals surface area (Å²) in [7, 11) is 0. The summed E-state index contributed by atoms with van der Waals surface area (Å²) in [4.78, 5) is 2.36. The summed E-state index contributed by atoms with van der Waals surface area (Å²) < 4.78 is 10.9. The number of rotatable bonds is 13. The first-order valence-corrected chi connectivity index (χ1v) is 7.66. The van der Waals surface area contributed by atoms with E-state index in [0.717, 1.165) is 58.9 Å². The molecule has 4 nitrogen and oxygen atoms in total. The molecule has 0 aliphatic heterocycles. The first kappa shape index (κ1) is 18.8. The number of aliphatic hydroxyl groups excluding tert-OH is 1. The number of ether oxygens (including phenoxy) is 2. The summed E-state index contributed by atoms with van der Waals surface area (Å²) >= 11 is 0. The average molecular weight is 275 g/mol. The van der Waals surface area contributed by atoms with E-state index in [1.165, 1.54) is 0 Å². The molecule has 0 aromatic rings. The second-order valence-electron chi connectivity index (χ2n) is 5.04. The van der Waals surface area contributed by atoms with Gasteiger partial charge >= 0.3 is 0 Å². The fourth-order valence-electron chi connectivity index (χ4n) is 2.17. The Hall–Kier alpha value is -0.160. The van der Waals surface area contributed by atoms with Crippen molar-refractivity contribution in [2.24, 2.45) is 5.41 Å². The maximum absolute atomic E-state index is 9.68. The zero-order valence-corrected chi connectivity index (χ0v) is 13.3. The fraction of sp³-hybridized carbons (Fsp3) is 1.00. The van der Waals surface area contributed by atoms with Crippen molar-refractivity contribution in [1.82, 2.24) is 4.90 Å². The molecule has 4 heteroatoms. The fourth-order valence-corrected chi connectivity index (χ4v) is 2.17. The van der Waals surface area contributed by atoms with Gasteiger partial charge in [0.1, 0.15) is 0 Å². The quantitative estimate of drug-likeness (QED) is 0.523. The summed E-state index contributed by atoms with van der Waals surface area (Å²) in [5.41, 5.74) is 0.0123. The molecular weight excluding hydrogens is 242 g/mol. The average Bonchev–Trinajstić information content (AvgIpc) is 2.45. The smallest absolute Gasteiger partial charge is 0.0593 e. The minimum absolute atomic E-state index is 0.0123. The molecule has 0 aromatic heterocycles. The number of hydrogen-bond donors (Lipinski definition) is 1. The highest BCUT2D eigenvalue weighted by molar-refractivity contribution is 4.80. The first-order valence-electron chi connectivity index (χ1n) is 7.66. The lowest BCUT2D eigenvalue weighted by Crippen LogP contribution is -2.42. The molecule has 0 aliphatic rings. The molecule has 0 bridgehead atoms. The number of aliphatic hydroxyl groups is 1. The van der Waals surface area contributed by atoms with Crippen LogP contribution in [0.5, 0.6) is 0 Å². The third-order valence-electron chi connectivity index (χ3n) is 3.91. The second kappa shape index (κ2) is 11.6. The summed E-state index contributed by atoms with van der Waals surface area (Å²) in [6.07, 6.45) is 2.00. The van der Waals surface area contributed by atoms with Gasteiger partial charge in [-0.3, -0.25) is 4.90 Å². The van der Waals surface area contributed by atoms with Crippen molar-refractivity contribution in [2.75, 3.05) is 52.7 Å². The van der Waals surface area contributed by atoms with E-state index >= 15 is 0 Å². The van der Waals surface area contributed by atoms with Crippen LogP contribution in [0.15, 0.2) is 0 Å². The predicted molar refractivity (Wildman–Crippen MR) is 79.5 cm³/mol. The monoisotopic (exact) mass is 275 g/mol. The molecule has 0 heterocycles. The molecule has 116 valence electrons. The standard InChI is InChI=1S/C15H33NO3/c1-5-15(6-2,14-17)13-16(9-11-18-7-3)10-12-19-8-4/h17H,5-14H2,1-4H3. The van der Waals surface area contributed by atoms with Gasteiger partial charge in [-0.15, -0.1) is 0 Å². The van der Waals surface area contributed by atoms with Crippen molar-refractivity contribution < 1.29 is 14.6 Å². The van der Waals surface area contributed by atoms with Gasteiger partial charge < -0.3 is 14.6 Å². The van der Waals surface area contributed by atoms with Crippen LogP contribution in [0.1, 0.15) is 40.5 Å². The topological polar surface area (TPSA) is 41.9 Å². The van der Waals surface area contributed by atoms with E-state index in [1.807, 2.05) is 13.8 Å². The van der Waals surface area contributed by atoms with E-state index in [0.29, 0.717) is 0 Å². The summed E-state index contributed by atoms with van der Waals surface area (Å²) in [5, 5.41) is 9.68. The van der Waals surface area contributed by atoms with Gasteiger partial charge in [-0.2, -0.15) is 0 Å². The highest BCUT2D eigenvalue weighted by atomic mass is 16.5. The largest absolute Gasteiger partial charge is 0.396 e. The maximum Gasteiger partial charge on any atom is 0.0593 e. The van der Waals surface area contributed by atoms with Crippen LogP contribution in [0.25, 0.3) is 0 Å². The third kappa shape index (κ3) is 7.88. The van der Waals surface area contributed by atoms with Crippen LogP contribution < -0.4 is 0 Å². The molecular formula is C15H33NO3. The van der Waals surface area contributed by atoms with E-state index in [2.05, 4.69) is 18.7 Å². The molecule has 1 N–H and O–H groups in total. The van der Waals surface area contributed by atoms with Crippen LogP contribution in [0.3, 0.4) is 0 Å². The Morgan fingerprint density at radius 1 is 0.895 bits per heavy atom. The SMILES string of the molecule is CCOCCN(CCOCC)CC(CC)(CC)CO. The van der Waals surface area contributed by atoms with Gasteiger partial charge in [0.15, 0.2) is 0 Å². The zero-order chi connectivity index (χ0) is 14.6. The molecule has 0 rings (SSSR count). The van der Waals surface area contributed by atoms with E-state index in [-0.39, 0.29) is 12.0 Å². The Morgan fingerprint density at radius 2 is 1.37 bits per heavy atom. The molecule has 0 atom stereocenters. The van der Waals surface area contributed by atoms with Crippen LogP contribution in [0.4, 0.5) is 0 Å². The Balaban J connectivity index is 4.35. The normalized spacial score (nSPS) is 12.3. The van der Waals surface area contributed by atoms with E-state index in [4.69, 9.17) is 9.47 Å². The van der Waals surface area contributed by atoms with Gasteiger partial charge in [-0.25, -0.2) is 0 Å².